The zero-order valence-electron chi connectivity index (χ0n) is 18.2. The van der Waals surface area contributed by atoms with Crippen molar-refractivity contribution in [3.05, 3.63) is 47.0 Å². The number of aromatic nitrogens is 2. The summed E-state index contributed by atoms with van der Waals surface area (Å²) in [6.07, 6.45) is 7.48. The molecule has 2 aromatic heterocycles. The third-order valence-corrected chi connectivity index (χ3v) is 5.74. The summed E-state index contributed by atoms with van der Waals surface area (Å²) in [5.74, 6) is -0.398. The molecule has 5 heteroatoms. The molecule has 0 aromatic carbocycles. The summed E-state index contributed by atoms with van der Waals surface area (Å²) in [7, 11) is 0. The van der Waals surface area contributed by atoms with E-state index in [4.69, 9.17) is 4.74 Å². The van der Waals surface area contributed by atoms with Gasteiger partial charge in [-0.2, -0.15) is 0 Å². The van der Waals surface area contributed by atoms with E-state index in [0.29, 0.717) is 0 Å². The Hall–Kier alpha value is -2.30. The summed E-state index contributed by atoms with van der Waals surface area (Å²) in [5, 5.41) is 0. The van der Waals surface area contributed by atoms with Crippen LogP contribution in [0.1, 0.15) is 93.2 Å². The molecule has 0 fully saturated rings. The van der Waals surface area contributed by atoms with Crippen molar-refractivity contribution in [1.29, 1.82) is 0 Å². The third kappa shape index (κ3) is 4.49. The molecule has 3 heterocycles. The highest BCUT2D eigenvalue weighted by molar-refractivity contribution is 6.08. The maximum atomic E-state index is 13.6. The summed E-state index contributed by atoms with van der Waals surface area (Å²) in [4.78, 5) is 26.4. The lowest BCUT2D eigenvalue weighted by molar-refractivity contribution is -0.149. The Labute approximate surface area is 174 Å². The van der Waals surface area contributed by atoms with Gasteiger partial charge in [0.1, 0.15) is 0 Å². The van der Waals surface area contributed by atoms with Gasteiger partial charge in [-0.3, -0.25) is 9.59 Å². The Kier molecular flexibility index (Phi) is 6.99. The van der Waals surface area contributed by atoms with Crippen molar-refractivity contribution in [2.75, 3.05) is 0 Å². The second-order valence-corrected chi connectivity index (χ2v) is 8.24. The van der Waals surface area contributed by atoms with Crippen LogP contribution in [0.4, 0.5) is 0 Å². The van der Waals surface area contributed by atoms with Gasteiger partial charge >= 0.3 is 5.97 Å². The van der Waals surface area contributed by atoms with Crippen molar-refractivity contribution in [3.8, 4) is 0 Å². The Morgan fingerprint density at radius 3 is 2.72 bits per heavy atom. The molecule has 0 saturated heterocycles. The number of hydrogen-bond acceptors (Lipinski definition) is 3. The molecule has 0 N–H and O–H groups in total. The fourth-order valence-corrected chi connectivity index (χ4v) is 4.32. The van der Waals surface area contributed by atoms with Crippen molar-refractivity contribution < 1.29 is 14.3 Å². The Bertz CT molecular complexity index is 860. The number of ether oxygens (including phenoxy) is 1. The monoisotopic (exact) mass is 398 g/mol. The first kappa shape index (κ1) is 21.4. The van der Waals surface area contributed by atoms with Crippen LogP contribution in [0.15, 0.2) is 24.4 Å². The molecule has 29 heavy (non-hydrogen) atoms. The van der Waals surface area contributed by atoms with Crippen LogP contribution in [0.5, 0.6) is 0 Å². The van der Waals surface area contributed by atoms with E-state index >= 15 is 0 Å². The van der Waals surface area contributed by atoms with E-state index in [-0.39, 0.29) is 23.8 Å². The number of carbonyl (C=O) groups excluding carboxylic acids is 2. The van der Waals surface area contributed by atoms with Crippen molar-refractivity contribution in [2.45, 2.75) is 91.3 Å². The smallest absolute Gasteiger partial charge is 0.315 e. The molecule has 1 atom stereocenters. The van der Waals surface area contributed by atoms with E-state index in [0.717, 1.165) is 74.3 Å². The molecular weight excluding hydrogens is 364 g/mol. The largest absolute Gasteiger partial charge is 0.462 e. The van der Waals surface area contributed by atoms with Gasteiger partial charge in [-0.1, -0.05) is 19.8 Å². The van der Waals surface area contributed by atoms with Crippen LogP contribution in [0.3, 0.4) is 0 Å². The number of hydrogen-bond donors (Lipinski definition) is 0. The summed E-state index contributed by atoms with van der Waals surface area (Å²) in [6, 6.07) is 5.94. The Morgan fingerprint density at radius 2 is 2.03 bits per heavy atom. The molecule has 0 aliphatic carbocycles. The fraction of sp³-hybridized carbons (Fsp3) is 0.583. The molecule has 0 saturated carbocycles. The van der Waals surface area contributed by atoms with Crippen LogP contribution in [0.25, 0.3) is 0 Å². The number of nitrogens with zero attached hydrogens (tertiary/aromatic N) is 2. The molecule has 158 valence electrons. The SMILES string of the molecule is CCCCc1cc2n(c1C(=O)c1cccn1CC)CCCCC2C(=O)OC(C)C. The van der Waals surface area contributed by atoms with Crippen molar-refractivity contribution in [2.24, 2.45) is 0 Å². The minimum absolute atomic E-state index is 0.0621. The molecule has 1 aliphatic rings. The van der Waals surface area contributed by atoms with Crippen LogP contribution in [0, 0.1) is 0 Å². The predicted molar refractivity (Wildman–Crippen MR) is 114 cm³/mol. The highest BCUT2D eigenvalue weighted by Gasteiger charge is 2.32. The first-order valence-corrected chi connectivity index (χ1v) is 11.1. The maximum Gasteiger partial charge on any atom is 0.315 e. The number of fused-ring (bicyclic) bond motifs is 1. The molecule has 0 spiro atoms. The van der Waals surface area contributed by atoms with Crippen molar-refractivity contribution in [3.63, 3.8) is 0 Å². The Balaban J connectivity index is 2.09. The zero-order valence-corrected chi connectivity index (χ0v) is 18.2. The lowest BCUT2D eigenvalue weighted by atomic mass is 9.98. The molecule has 0 bridgehead atoms. The molecule has 1 aliphatic heterocycles. The first-order valence-electron chi connectivity index (χ1n) is 11.1. The van der Waals surface area contributed by atoms with Gasteiger partial charge < -0.3 is 13.9 Å². The quantitative estimate of drug-likeness (QED) is 0.459. The van der Waals surface area contributed by atoms with Crippen molar-refractivity contribution in [1.82, 2.24) is 9.13 Å². The average Bonchev–Trinajstić information content (AvgIpc) is 3.24. The number of ketones is 1. The van der Waals surface area contributed by atoms with E-state index in [1.807, 2.05) is 43.7 Å². The molecule has 0 amide bonds. The van der Waals surface area contributed by atoms with Gasteiger partial charge in [0, 0.05) is 25.0 Å². The second kappa shape index (κ2) is 9.47. The van der Waals surface area contributed by atoms with Crippen LogP contribution in [-0.2, 0) is 29.0 Å². The minimum Gasteiger partial charge on any atom is -0.462 e. The van der Waals surface area contributed by atoms with Gasteiger partial charge in [0.15, 0.2) is 0 Å². The highest BCUT2D eigenvalue weighted by Crippen LogP contribution is 2.34. The molecule has 0 radical (unpaired) electrons. The number of esters is 1. The number of carbonyl (C=O) groups is 2. The van der Waals surface area contributed by atoms with E-state index < -0.39 is 0 Å². The topological polar surface area (TPSA) is 53.2 Å². The number of rotatable bonds is 8. The van der Waals surface area contributed by atoms with Crippen molar-refractivity contribution >= 4 is 11.8 Å². The normalized spacial score (nSPS) is 16.5. The van der Waals surface area contributed by atoms with Gasteiger partial charge in [-0.05, 0) is 70.2 Å². The molecule has 3 rings (SSSR count). The van der Waals surface area contributed by atoms with Crippen LogP contribution < -0.4 is 0 Å². The van der Waals surface area contributed by atoms with Gasteiger partial charge in [0.25, 0.3) is 0 Å². The lowest BCUT2D eigenvalue weighted by Gasteiger charge is -2.18. The zero-order chi connectivity index (χ0) is 21.0. The molecular formula is C24H34N2O3. The van der Waals surface area contributed by atoms with Crippen LogP contribution in [0.2, 0.25) is 0 Å². The second-order valence-electron chi connectivity index (χ2n) is 8.24. The van der Waals surface area contributed by atoms with Gasteiger partial charge in [0.2, 0.25) is 5.78 Å². The molecule has 5 nitrogen and oxygen atoms in total. The summed E-state index contributed by atoms with van der Waals surface area (Å²) in [5.41, 5.74) is 3.51. The minimum atomic E-state index is -0.292. The third-order valence-electron chi connectivity index (χ3n) is 5.74. The maximum absolute atomic E-state index is 13.6. The lowest BCUT2D eigenvalue weighted by Crippen LogP contribution is -2.22. The molecule has 1 unspecified atom stereocenters. The summed E-state index contributed by atoms with van der Waals surface area (Å²) >= 11 is 0. The standard InChI is InChI=1S/C24H34N2O3/c1-5-7-11-18-16-21-19(24(28)29-17(3)4)12-8-9-15-26(21)22(18)23(27)20-13-10-14-25(20)6-2/h10,13-14,16-17,19H,5-9,11-12,15H2,1-4H3. The molecule has 2 aromatic rings. The van der Waals surface area contributed by atoms with E-state index in [1.165, 1.54) is 0 Å². The Morgan fingerprint density at radius 1 is 1.24 bits per heavy atom. The fourth-order valence-electron chi connectivity index (χ4n) is 4.32. The van der Waals surface area contributed by atoms with Crippen LogP contribution >= 0.6 is 0 Å². The number of aryl methyl sites for hydroxylation is 2. The van der Waals surface area contributed by atoms with Gasteiger partial charge in [-0.25, -0.2) is 0 Å². The predicted octanol–water partition coefficient (Wildman–Crippen LogP) is 5.10. The number of unbranched alkanes of at least 4 members (excludes halogenated alkanes) is 1. The van der Waals surface area contributed by atoms with Gasteiger partial charge in [-0.15, -0.1) is 0 Å². The summed E-state index contributed by atoms with van der Waals surface area (Å²) < 4.78 is 9.68. The van der Waals surface area contributed by atoms with Gasteiger partial charge in [0.05, 0.1) is 23.4 Å². The highest BCUT2D eigenvalue weighted by atomic mass is 16.5. The van der Waals surface area contributed by atoms with Crippen LogP contribution in [-0.4, -0.2) is 27.0 Å². The van der Waals surface area contributed by atoms with E-state index in [1.54, 1.807) is 0 Å². The summed E-state index contributed by atoms with van der Waals surface area (Å²) in [6.45, 7) is 9.51. The van der Waals surface area contributed by atoms with E-state index in [9.17, 15) is 9.59 Å². The van der Waals surface area contributed by atoms with E-state index in [2.05, 4.69) is 17.6 Å². The average molecular weight is 399 g/mol. The first-order chi connectivity index (χ1) is 14.0.